The number of hydrogen-bond acceptors (Lipinski definition) is 0. The third kappa shape index (κ3) is 1.74. The molecule has 0 saturated carbocycles. The van der Waals surface area contributed by atoms with Gasteiger partial charge in [-0.15, -0.1) is 0 Å². The van der Waals surface area contributed by atoms with Crippen LogP contribution in [0, 0.1) is 0 Å². The second-order valence-electron chi connectivity index (χ2n) is 4.31. The summed E-state index contributed by atoms with van der Waals surface area (Å²) < 4.78 is 2.24. The van der Waals surface area contributed by atoms with E-state index in [1.807, 2.05) is 13.0 Å². The molecule has 0 saturated heterocycles. The lowest BCUT2D eigenvalue weighted by Gasteiger charge is -2.05. The summed E-state index contributed by atoms with van der Waals surface area (Å²) in [4.78, 5) is 0. The van der Waals surface area contributed by atoms with Crippen LogP contribution in [0.4, 0.5) is 0 Å². The van der Waals surface area contributed by atoms with Gasteiger partial charge in [-0.3, -0.25) is 0 Å². The van der Waals surface area contributed by atoms with Gasteiger partial charge in [-0.1, -0.05) is 54.6 Å². The Hall–Kier alpha value is -2.28. The molecule has 18 heavy (non-hydrogen) atoms. The normalized spacial score (nSPS) is 11.4. The average molecular weight is 233 g/mol. The second-order valence-corrected chi connectivity index (χ2v) is 4.31. The molecule has 0 spiro atoms. The van der Waals surface area contributed by atoms with Gasteiger partial charge in [0.15, 0.2) is 0 Å². The quantitative estimate of drug-likeness (QED) is 0.599. The van der Waals surface area contributed by atoms with Gasteiger partial charge < -0.3 is 4.57 Å². The Morgan fingerprint density at radius 2 is 1.61 bits per heavy atom. The fraction of sp³-hybridized carbons (Fsp3) is 0.0588. The zero-order valence-corrected chi connectivity index (χ0v) is 10.4. The first-order valence-electron chi connectivity index (χ1n) is 6.18. The molecule has 0 unspecified atom stereocenters. The van der Waals surface area contributed by atoms with Crippen molar-refractivity contribution in [2.45, 2.75) is 6.92 Å². The Bertz CT molecular complexity index is 690. The Labute approximate surface area is 107 Å². The van der Waals surface area contributed by atoms with E-state index in [1.165, 1.54) is 22.2 Å². The van der Waals surface area contributed by atoms with E-state index in [9.17, 15) is 0 Å². The summed E-state index contributed by atoms with van der Waals surface area (Å²) in [7, 11) is 0. The van der Waals surface area contributed by atoms with Crippen LogP contribution in [-0.2, 0) is 0 Å². The third-order valence-corrected chi connectivity index (χ3v) is 3.12. The SMILES string of the molecule is CC=Cn1c(-c2ccccc2)cc2ccccc21. The highest BCUT2D eigenvalue weighted by Gasteiger charge is 2.07. The standard InChI is InChI=1S/C17H15N/c1-2-12-18-16-11-7-6-10-15(16)13-17(18)14-8-4-3-5-9-14/h2-13H,1H3. The summed E-state index contributed by atoms with van der Waals surface area (Å²) in [6.45, 7) is 2.05. The maximum Gasteiger partial charge on any atom is 0.0534 e. The minimum Gasteiger partial charge on any atom is -0.316 e. The van der Waals surface area contributed by atoms with Crippen molar-refractivity contribution in [1.82, 2.24) is 4.57 Å². The van der Waals surface area contributed by atoms with Crippen molar-refractivity contribution < 1.29 is 0 Å². The summed E-state index contributed by atoms with van der Waals surface area (Å²) in [5, 5.41) is 1.27. The Morgan fingerprint density at radius 1 is 0.889 bits per heavy atom. The van der Waals surface area contributed by atoms with Crippen LogP contribution in [0.5, 0.6) is 0 Å². The first-order chi connectivity index (χ1) is 8.90. The first kappa shape index (κ1) is 10.8. The first-order valence-corrected chi connectivity index (χ1v) is 6.18. The van der Waals surface area contributed by atoms with Crippen LogP contribution in [0.3, 0.4) is 0 Å². The van der Waals surface area contributed by atoms with Crippen LogP contribution >= 0.6 is 0 Å². The number of benzene rings is 2. The third-order valence-electron chi connectivity index (χ3n) is 3.12. The maximum atomic E-state index is 2.24. The van der Waals surface area contributed by atoms with Gasteiger partial charge in [0.05, 0.1) is 11.2 Å². The van der Waals surface area contributed by atoms with E-state index in [2.05, 4.69) is 71.4 Å². The molecule has 1 heteroatoms. The van der Waals surface area contributed by atoms with Gasteiger partial charge in [0.25, 0.3) is 0 Å². The molecule has 0 N–H and O–H groups in total. The molecular weight excluding hydrogens is 218 g/mol. The lowest BCUT2D eigenvalue weighted by atomic mass is 10.1. The number of aromatic nitrogens is 1. The molecule has 0 radical (unpaired) electrons. The smallest absolute Gasteiger partial charge is 0.0534 e. The minimum atomic E-state index is 1.23. The van der Waals surface area contributed by atoms with Crippen molar-refractivity contribution in [2.24, 2.45) is 0 Å². The average Bonchev–Trinajstić information content (AvgIpc) is 2.80. The van der Waals surface area contributed by atoms with Gasteiger partial charge in [0, 0.05) is 11.6 Å². The fourth-order valence-electron chi connectivity index (χ4n) is 2.32. The molecular formula is C17H15N. The van der Waals surface area contributed by atoms with Crippen molar-refractivity contribution >= 4 is 17.1 Å². The number of allylic oxidation sites excluding steroid dienone is 1. The number of para-hydroxylation sites is 1. The Morgan fingerprint density at radius 3 is 2.39 bits per heavy atom. The van der Waals surface area contributed by atoms with Crippen molar-refractivity contribution in [1.29, 1.82) is 0 Å². The van der Waals surface area contributed by atoms with E-state index >= 15 is 0 Å². The summed E-state index contributed by atoms with van der Waals surface area (Å²) in [5.74, 6) is 0. The van der Waals surface area contributed by atoms with Gasteiger partial charge in [-0.2, -0.15) is 0 Å². The van der Waals surface area contributed by atoms with E-state index in [0.717, 1.165) is 0 Å². The van der Waals surface area contributed by atoms with Crippen LogP contribution in [-0.4, -0.2) is 4.57 Å². The zero-order chi connectivity index (χ0) is 12.4. The van der Waals surface area contributed by atoms with Gasteiger partial charge in [0.2, 0.25) is 0 Å². The predicted octanol–water partition coefficient (Wildman–Crippen LogP) is 4.80. The van der Waals surface area contributed by atoms with Crippen molar-refractivity contribution in [2.75, 3.05) is 0 Å². The molecule has 0 aliphatic carbocycles. The van der Waals surface area contributed by atoms with Crippen LogP contribution in [0.25, 0.3) is 28.4 Å². The van der Waals surface area contributed by atoms with Crippen LogP contribution < -0.4 is 0 Å². The molecule has 0 bridgehead atoms. The molecule has 0 fully saturated rings. The molecule has 3 rings (SSSR count). The highest BCUT2D eigenvalue weighted by molar-refractivity contribution is 5.89. The Balaban J connectivity index is 2.32. The van der Waals surface area contributed by atoms with Crippen molar-refractivity contribution in [3.05, 3.63) is 66.7 Å². The largest absolute Gasteiger partial charge is 0.316 e. The summed E-state index contributed by atoms with van der Waals surface area (Å²) in [6.07, 6.45) is 4.18. The van der Waals surface area contributed by atoms with Crippen molar-refractivity contribution in [3.8, 4) is 11.3 Å². The molecule has 0 atom stereocenters. The van der Waals surface area contributed by atoms with Crippen LogP contribution in [0.2, 0.25) is 0 Å². The molecule has 0 aliphatic heterocycles. The molecule has 0 amide bonds. The molecule has 1 nitrogen and oxygen atoms in total. The second kappa shape index (κ2) is 4.53. The number of nitrogens with zero attached hydrogens (tertiary/aromatic N) is 1. The number of rotatable bonds is 2. The van der Waals surface area contributed by atoms with Crippen LogP contribution in [0.15, 0.2) is 66.7 Å². The van der Waals surface area contributed by atoms with E-state index in [4.69, 9.17) is 0 Å². The summed E-state index contributed by atoms with van der Waals surface area (Å²) in [6, 6.07) is 21.2. The van der Waals surface area contributed by atoms with Gasteiger partial charge in [-0.05, 0) is 24.6 Å². The molecule has 1 aromatic heterocycles. The van der Waals surface area contributed by atoms with E-state index in [-0.39, 0.29) is 0 Å². The van der Waals surface area contributed by atoms with E-state index < -0.39 is 0 Å². The monoisotopic (exact) mass is 233 g/mol. The molecule has 1 heterocycles. The molecule has 2 aromatic carbocycles. The fourth-order valence-corrected chi connectivity index (χ4v) is 2.32. The highest BCUT2D eigenvalue weighted by Crippen LogP contribution is 2.28. The summed E-state index contributed by atoms with van der Waals surface area (Å²) in [5.41, 5.74) is 3.72. The lowest BCUT2D eigenvalue weighted by molar-refractivity contribution is 1.23. The van der Waals surface area contributed by atoms with Gasteiger partial charge in [0.1, 0.15) is 0 Å². The van der Waals surface area contributed by atoms with E-state index in [1.54, 1.807) is 0 Å². The molecule has 3 aromatic rings. The van der Waals surface area contributed by atoms with E-state index in [0.29, 0.717) is 0 Å². The van der Waals surface area contributed by atoms with Crippen molar-refractivity contribution in [3.63, 3.8) is 0 Å². The Kier molecular flexibility index (Phi) is 2.73. The summed E-state index contributed by atoms with van der Waals surface area (Å²) >= 11 is 0. The van der Waals surface area contributed by atoms with Gasteiger partial charge in [-0.25, -0.2) is 0 Å². The number of hydrogen-bond donors (Lipinski definition) is 0. The lowest BCUT2D eigenvalue weighted by Crippen LogP contribution is -1.89. The minimum absolute atomic E-state index is 1.23. The molecule has 0 aliphatic rings. The maximum absolute atomic E-state index is 2.24. The van der Waals surface area contributed by atoms with Crippen LogP contribution in [0.1, 0.15) is 6.92 Å². The zero-order valence-electron chi connectivity index (χ0n) is 10.4. The number of fused-ring (bicyclic) bond motifs is 1. The predicted molar refractivity (Wildman–Crippen MR) is 78.4 cm³/mol. The topological polar surface area (TPSA) is 4.93 Å². The van der Waals surface area contributed by atoms with Gasteiger partial charge >= 0.3 is 0 Å². The molecule has 88 valence electrons. The highest BCUT2D eigenvalue weighted by atomic mass is 15.0.